The summed E-state index contributed by atoms with van der Waals surface area (Å²) in [7, 11) is 0. The van der Waals surface area contributed by atoms with Gasteiger partial charge in [-0.1, -0.05) is 23.7 Å². The van der Waals surface area contributed by atoms with Crippen LogP contribution in [0.1, 0.15) is 30.6 Å². The summed E-state index contributed by atoms with van der Waals surface area (Å²) >= 11 is 6.09. The summed E-state index contributed by atoms with van der Waals surface area (Å²) in [5.74, 6) is -0.0725. The molecule has 1 N–H and O–H groups in total. The quantitative estimate of drug-likeness (QED) is 0.909. The lowest BCUT2D eigenvalue weighted by atomic mass is 10.2. The lowest BCUT2D eigenvalue weighted by molar-refractivity contribution is 0.0762. The molecule has 1 aromatic carbocycles. The van der Waals surface area contributed by atoms with Gasteiger partial charge in [0.25, 0.3) is 5.91 Å². The molecule has 0 aliphatic carbocycles. The predicted octanol–water partition coefficient (Wildman–Crippen LogP) is 2.61. The van der Waals surface area contributed by atoms with Crippen LogP contribution in [-0.4, -0.2) is 54.0 Å². The fourth-order valence-corrected chi connectivity index (χ4v) is 2.68. The summed E-state index contributed by atoms with van der Waals surface area (Å²) < 4.78 is 0. The molecule has 6 heteroatoms. The number of nitrogens with one attached hydrogen (secondary N) is 1. The fraction of sp³-hybridized carbons (Fsp3) is 0.500. The highest BCUT2D eigenvalue weighted by molar-refractivity contribution is 6.33. The fourth-order valence-electron chi connectivity index (χ4n) is 2.47. The zero-order valence-corrected chi connectivity index (χ0v) is 13.8. The Morgan fingerprint density at radius 2 is 1.73 bits per heavy atom. The van der Waals surface area contributed by atoms with Gasteiger partial charge in [-0.05, 0) is 32.4 Å². The van der Waals surface area contributed by atoms with Crippen LogP contribution >= 0.6 is 11.6 Å². The number of halogens is 1. The van der Waals surface area contributed by atoms with E-state index in [0.29, 0.717) is 36.8 Å². The van der Waals surface area contributed by atoms with Crippen molar-refractivity contribution in [2.24, 2.45) is 0 Å². The standard InChI is InChI=1S/C16H22ClN3O2/c1-12(2)18-16(22)20-9-5-8-19(10-11-20)15(21)13-6-3-4-7-14(13)17/h3-4,6-7,12H,5,8-11H2,1-2H3,(H,18,22). The first-order valence-electron chi connectivity index (χ1n) is 7.58. The van der Waals surface area contributed by atoms with Crippen molar-refractivity contribution < 1.29 is 9.59 Å². The molecule has 0 atom stereocenters. The number of hydrogen-bond acceptors (Lipinski definition) is 2. The van der Waals surface area contributed by atoms with Crippen LogP contribution < -0.4 is 5.32 Å². The summed E-state index contributed by atoms with van der Waals surface area (Å²) in [6, 6.07) is 7.10. The van der Waals surface area contributed by atoms with E-state index in [1.165, 1.54) is 0 Å². The Bertz CT molecular complexity index is 548. The smallest absolute Gasteiger partial charge is 0.317 e. The number of carbonyl (C=O) groups excluding carboxylic acids is 2. The molecule has 2 rings (SSSR count). The molecule has 0 saturated carbocycles. The van der Waals surface area contributed by atoms with Gasteiger partial charge in [0, 0.05) is 32.2 Å². The molecule has 0 unspecified atom stereocenters. The third-order valence-electron chi connectivity index (χ3n) is 3.59. The van der Waals surface area contributed by atoms with E-state index in [9.17, 15) is 9.59 Å². The van der Waals surface area contributed by atoms with Gasteiger partial charge in [-0.25, -0.2) is 4.79 Å². The first kappa shape index (κ1) is 16.6. The van der Waals surface area contributed by atoms with Crippen LogP contribution in [-0.2, 0) is 0 Å². The van der Waals surface area contributed by atoms with Crippen molar-refractivity contribution in [2.45, 2.75) is 26.3 Å². The molecule has 0 radical (unpaired) electrons. The minimum atomic E-state index is -0.0725. The van der Waals surface area contributed by atoms with Crippen LogP contribution in [0.4, 0.5) is 4.79 Å². The lowest BCUT2D eigenvalue weighted by Crippen LogP contribution is -2.44. The van der Waals surface area contributed by atoms with Crippen molar-refractivity contribution in [2.75, 3.05) is 26.2 Å². The molecule has 5 nitrogen and oxygen atoms in total. The molecular weight excluding hydrogens is 302 g/mol. The van der Waals surface area contributed by atoms with Crippen molar-refractivity contribution in [3.05, 3.63) is 34.9 Å². The SMILES string of the molecule is CC(C)NC(=O)N1CCCN(C(=O)c2ccccc2Cl)CC1. The highest BCUT2D eigenvalue weighted by Crippen LogP contribution is 2.18. The van der Waals surface area contributed by atoms with Crippen molar-refractivity contribution in [3.8, 4) is 0 Å². The number of nitrogens with zero attached hydrogens (tertiary/aromatic N) is 2. The first-order valence-corrected chi connectivity index (χ1v) is 7.96. The first-order chi connectivity index (χ1) is 10.5. The van der Waals surface area contributed by atoms with Gasteiger partial charge in [0.2, 0.25) is 0 Å². The van der Waals surface area contributed by atoms with Gasteiger partial charge in [0.05, 0.1) is 10.6 Å². The van der Waals surface area contributed by atoms with E-state index in [1.54, 1.807) is 34.1 Å². The van der Waals surface area contributed by atoms with Gasteiger partial charge < -0.3 is 15.1 Å². The minimum absolute atomic E-state index is 0.0676. The average molecular weight is 324 g/mol. The molecule has 22 heavy (non-hydrogen) atoms. The molecule has 1 heterocycles. The van der Waals surface area contributed by atoms with Gasteiger partial charge in [-0.3, -0.25) is 4.79 Å². The van der Waals surface area contributed by atoms with E-state index in [1.807, 2.05) is 13.8 Å². The van der Waals surface area contributed by atoms with Crippen molar-refractivity contribution >= 4 is 23.5 Å². The Kier molecular flexibility index (Phi) is 5.66. The van der Waals surface area contributed by atoms with Crippen molar-refractivity contribution in [1.82, 2.24) is 15.1 Å². The lowest BCUT2D eigenvalue weighted by Gasteiger charge is -2.23. The second-order valence-corrected chi connectivity index (χ2v) is 6.12. The molecule has 1 aromatic rings. The van der Waals surface area contributed by atoms with Gasteiger partial charge in [-0.2, -0.15) is 0 Å². The van der Waals surface area contributed by atoms with Crippen molar-refractivity contribution in [3.63, 3.8) is 0 Å². The van der Waals surface area contributed by atoms with E-state index >= 15 is 0 Å². The summed E-state index contributed by atoms with van der Waals surface area (Å²) in [6.07, 6.45) is 0.766. The van der Waals surface area contributed by atoms with Crippen LogP contribution in [0.15, 0.2) is 24.3 Å². The molecule has 0 bridgehead atoms. The monoisotopic (exact) mass is 323 g/mol. The Balaban J connectivity index is 2.00. The third kappa shape index (κ3) is 4.13. The largest absolute Gasteiger partial charge is 0.337 e. The van der Waals surface area contributed by atoms with Crippen LogP contribution in [0, 0.1) is 0 Å². The third-order valence-corrected chi connectivity index (χ3v) is 3.92. The zero-order valence-electron chi connectivity index (χ0n) is 13.0. The van der Waals surface area contributed by atoms with E-state index < -0.39 is 0 Å². The molecule has 3 amide bonds. The highest BCUT2D eigenvalue weighted by Gasteiger charge is 2.23. The molecular formula is C16H22ClN3O2. The van der Waals surface area contributed by atoms with E-state index in [-0.39, 0.29) is 18.0 Å². The van der Waals surface area contributed by atoms with E-state index in [2.05, 4.69) is 5.32 Å². The number of hydrogen-bond donors (Lipinski definition) is 1. The highest BCUT2D eigenvalue weighted by atomic mass is 35.5. The average Bonchev–Trinajstić information content (AvgIpc) is 2.72. The Hall–Kier alpha value is -1.75. The molecule has 120 valence electrons. The van der Waals surface area contributed by atoms with Crippen LogP contribution in [0.2, 0.25) is 5.02 Å². The molecule has 1 saturated heterocycles. The Labute approximate surface area is 136 Å². The van der Waals surface area contributed by atoms with E-state index in [4.69, 9.17) is 11.6 Å². The maximum atomic E-state index is 12.6. The molecule has 1 aliphatic heterocycles. The maximum absolute atomic E-state index is 12.6. The molecule has 1 fully saturated rings. The van der Waals surface area contributed by atoms with Crippen LogP contribution in [0.3, 0.4) is 0 Å². The van der Waals surface area contributed by atoms with Gasteiger partial charge in [0.1, 0.15) is 0 Å². The van der Waals surface area contributed by atoms with Gasteiger partial charge >= 0.3 is 6.03 Å². The minimum Gasteiger partial charge on any atom is -0.337 e. The number of urea groups is 1. The molecule has 0 aromatic heterocycles. The number of carbonyl (C=O) groups is 2. The summed E-state index contributed by atoms with van der Waals surface area (Å²) in [4.78, 5) is 28.1. The topological polar surface area (TPSA) is 52.7 Å². The Morgan fingerprint density at radius 3 is 2.41 bits per heavy atom. The van der Waals surface area contributed by atoms with Gasteiger partial charge in [0.15, 0.2) is 0 Å². The normalized spacial score (nSPS) is 15.6. The van der Waals surface area contributed by atoms with Crippen LogP contribution in [0.25, 0.3) is 0 Å². The second kappa shape index (κ2) is 7.49. The number of rotatable bonds is 2. The summed E-state index contributed by atoms with van der Waals surface area (Å²) in [6.45, 7) is 6.22. The summed E-state index contributed by atoms with van der Waals surface area (Å²) in [5.41, 5.74) is 0.518. The Morgan fingerprint density at radius 1 is 1.09 bits per heavy atom. The van der Waals surface area contributed by atoms with E-state index in [0.717, 1.165) is 6.42 Å². The molecule has 1 aliphatic rings. The second-order valence-electron chi connectivity index (χ2n) is 5.72. The maximum Gasteiger partial charge on any atom is 0.317 e. The van der Waals surface area contributed by atoms with Crippen molar-refractivity contribution in [1.29, 1.82) is 0 Å². The van der Waals surface area contributed by atoms with Crippen LogP contribution in [0.5, 0.6) is 0 Å². The van der Waals surface area contributed by atoms with Gasteiger partial charge in [-0.15, -0.1) is 0 Å². The number of benzene rings is 1. The summed E-state index contributed by atoms with van der Waals surface area (Å²) in [5, 5.41) is 3.35. The predicted molar refractivity (Wildman–Crippen MR) is 87.2 cm³/mol. The zero-order chi connectivity index (χ0) is 16.1. The molecule has 0 spiro atoms. The number of amides is 3.